The third-order valence-corrected chi connectivity index (χ3v) is 6.08. The van der Waals surface area contributed by atoms with E-state index in [1.54, 1.807) is 25.1 Å². The maximum atomic E-state index is 13.6. The van der Waals surface area contributed by atoms with E-state index in [9.17, 15) is 19.5 Å². The molecular weight excluding hydrogens is 418 g/mol. The molecule has 1 aromatic carbocycles. The lowest BCUT2D eigenvalue weighted by molar-refractivity contribution is -0.141. The largest absolute Gasteiger partial charge is 0.478 e. The van der Waals surface area contributed by atoms with E-state index in [0.717, 1.165) is 5.56 Å². The van der Waals surface area contributed by atoms with Gasteiger partial charge >= 0.3 is 5.97 Å². The molecule has 3 N–H and O–H groups in total. The molecule has 1 rings (SSSR count). The van der Waals surface area contributed by atoms with Gasteiger partial charge in [0.15, 0.2) is 0 Å². The summed E-state index contributed by atoms with van der Waals surface area (Å²) in [6.45, 7) is 12.9. The van der Waals surface area contributed by atoms with Gasteiger partial charge in [-0.3, -0.25) is 9.59 Å². The Labute approximate surface area is 198 Å². The predicted molar refractivity (Wildman–Crippen MR) is 132 cm³/mol. The summed E-state index contributed by atoms with van der Waals surface area (Å²) in [4.78, 5) is 39.9. The minimum Gasteiger partial charge on any atom is -0.478 e. The van der Waals surface area contributed by atoms with Crippen molar-refractivity contribution < 1.29 is 19.5 Å². The normalized spacial score (nSPS) is 16.0. The fraction of sp³-hybridized carbons (Fsp3) is 0.577. The van der Waals surface area contributed by atoms with Gasteiger partial charge in [0.25, 0.3) is 0 Å². The van der Waals surface area contributed by atoms with Crippen molar-refractivity contribution >= 4 is 17.8 Å². The van der Waals surface area contributed by atoms with Crippen LogP contribution in [0.15, 0.2) is 42.0 Å². The fourth-order valence-electron chi connectivity index (χ4n) is 3.65. The molecule has 2 amide bonds. The molecule has 0 aliphatic rings. The van der Waals surface area contributed by atoms with Gasteiger partial charge in [-0.2, -0.15) is 0 Å². The highest BCUT2D eigenvalue weighted by Gasteiger charge is 2.41. The number of rotatable bonds is 10. The van der Waals surface area contributed by atoms with Crippen LogP contribution in [0.25, 0.3) is 0 Å². The Kier molecular flexibility index (Phi) is 9.85. The lowest BCUT2D eigenvalue weighted by Crippen LogP contribution is -2.63. The Morgan fingerprint density at radius 3 is 2.06 bits per heavy atom. The van der Waals surface area contributed by atoms with E-state index in [2.05, 4.69) is 10.6 Å². The van der Waals surface area contributed by atoms with Gasteiger partial charge in [0.1, 0.15) is 6.04 Å². The Bertz CT molecular complexity index is 858. The first kappa shape index (κ1) is 28.4. The average Bonchev–Trinajstić information content (AvgIpc) is 2.73. The van der Waals surface area contributed by atoms with Crippen LogP contribution in [-0.4, -0.2) is 59.5 Å². The van der Waals surface area contributed by atoms with Crippen LogP contribution in [0.3, 0.4) is 0 Å². The van der Waals surface area contributed by atoms with E-state index in [0.29, 0.717) is 6.42 Å². The van der Waals surface area contributed by atoms with Gasteiger partial charge in [-0.05, 0) is 44.2 Å². The zero-order chi connectivity index (χ0) is 25.6. The number of benzene rings is 1. The Balaban J connectivity index is 3.23. The third-order valence-electron chi connectivity index (χ3n) is 6.08. The van der Waals surface area contributed by atoms with Crippen molar-refractivity contribution in [3.8, 4) is 0 Å². The zero-order valence-electron chi connectivity index (χ0n) is 21.5. The standard InChI is InChI=1S/C26H41N3O4/c1-17(2)20(15-18(3)23(31)32)29(9)22(30)21(25(4,5)6)28-24(33)26(7,27-8)16-19-13-11-10-12-14-19/h10-15,17,20-21,27H,16H2,1-9H3,(H,28,33)(H,31,32)/b18-15+/t20-,21?,26?/m1/s1. The number of hydrogen-bond acceptors (Lipinski definition) is 4. The Hall–Kier alpha value is -2.67. The highest BCUT2D eigenvalue weighted by molar-refractivity contribution is 5.93. The van der Waals surface area contributed by atoms with Crippen LogP contribution in [0.5, 0.6) is 0 Å². The number of hydrogen-bond donors (Lipinski definition) is 3. The van der Waals surface area contributed by atoms with Crippen molar-refractivity contribution in [1.82, 2.24) is 15.5 Å². The monoisotopic (exact) mass is 459 g/mol. The molecule has 0 heterocycles. The summed E-state index contributed by atoms with van der Waals surface area (Å²) < 4.78 is 0. The fourth-order valence-corrected chi connectivity index (χ4v) is 3.65. The molecule has 0 aliphatic heterocycles. The van der Waals surface area contributed by atoms with Gasteiger partial charge in [0.05, 0.1) is 11.6 Å². The molecule has 3 atom stereocenters. The van der Waals surface area contributed by atoms with Crippen LogP contribution >= 0.6 is 0 Å². The molecule has 184 valence electrons. The molecule has 0 saturated heterocycles. The van der Waals surface area contributed by atoms with E-state index < -0.39 is 29.0 Å². The number of amides is 2. The predicted octanol–water partition coefficient (Wildman–Crippen LogP) is 3.25. The molecule has 0 spiro atoms. The third kappa shape index (κ3) is 7.70. The zero-order valence-corrected chi connectivity index (χ0v) is 21.5. The summed E-state index contributed by atoms with van der Waals surface area (Å²) in [6.07, 6.45) is 2.06. The molecule has 7 nitrogen and oxygen atoms in total. The van der Waals surface area contributed by atoms with E-state index >= 15 is 0 Å². The molecular formula is C26H41N3O4. The van der Waals surface area contributed by atoms with Gasteiger partial charge in [-0.1, -0.05) is 71.0 Å². The van der Waals surface area contributed by atoms with Crippen molar-refractivity contribution in [1.29, 1.82) is 0 Å². The van der Waals surface area contributed by atoms with Crippen molar-refractivity contribution in [2.75, 3.05) is 14.1 Å². The quantitative estimate of drug-likeness (QED) is 0.467. The molecule has 0 radical (unpaired) electrons. The molecule has 1 aromatic rings. The molecule has 7 heteroatoms. The molecule has 0 saturated carbocycles. The Morgan fingerprint density at radius 1 is 1.09 bits per heavy atom. The van der Waals surface area contributed by atoms with Crippen LogP contribution in [0.4, 0.5) is 0 Å². The number of nitrogens with one attached hydrogen (secondary N) is 2. The van der Waals surface area contributed by atoms with E-state index in [1.807, 2.05) is 71.9 Å². The van der Waals surface area contributed by atoms with Crippen molar-refractivity contribution in [3.05, 3.63) is 47.5 Å². The van der Waals surface area contributed by atoms with Crippen LogP contribution < -0.4 is 10.6 Å². The summed E-state index contributed by atoms with van der Waals surface area (Å²) in [5.74, 6) is -1.56. The first-order valence-electron chi connectivity index (χ1n) is 11.4. The first-order valence-corrected chi connectivity index (χ1v) is 11.4. The molecule has 0 bridgehead atoms. The van der Waals surface area contributed by atoms with E-state index in [-0.39, 0.29) is 23.3 Å². The maximum Gasteiger partial charge on any atom is 0.331 e. The molecule has 2 unspecified atom stereocenters. The number of aliphatic carboxylic acids is 1. The van der Waals surface area contributed by atoms with Crippen LogP contribution in [0.2, 0.25) is 0 Å². The summed E-state index contributed by atoms with van der Waals surface area (Å²) >= 11 is 0. The van der Waals surface area contributed by atoms with Crippen LogP contribution in [0, 0.1) is 11.3 Å². The van der Waals surface area contributed by atoms with Gasteiger partial charge in [-0.15, -0.1) is 0 Å². The second kappa shape index (κ2) is 11.5. The molecule has 0 aromatic heterocycles. The number of carboxylic acid groups (broad SMARTS) is 1. The second-order valence-corrected chi connectivity index (χ2v) is 10.4. The Morgan fingerprint density at radius 2 is 1.64 bits per heavy atom. The van der Waals surface area contributed by atoms with Crippen LogP contribution in [0.1, 0.15) is 54.0 Å². The topological polar surface area (TPSA) is 98.7 Å². The number of nitrogens with zero attached hydrogens (tertiary/aromatic N) is 1. The average molecular weight is 460 g/mol. The number of carbonyl (C=O) groups is 3. The molecule has 33 heavy (non-hydrogen) atoms. The smallest absolute Gasteiger partial charge is 0.331 e. The SMILES string of the molecule is CNC(C)(Cc1ccccc1)C(=O)NC(C(=O)N(C)[C@H](/C=C(\C)C(=O)O)C(C)C)C(C)(C)C. The summed E-state index contributed by atoms with van der Waals surface area (Å²) in [5.41, 5.74) is -0.291. The lowest BCUT2D eigenvalue weighted by atomic mass is 9.83. The van der Waals surface area contributed by atoms with E-state index in [1.165, 1.54) is 6.92 Å². The van der Waals surface area contributed by atoms with Crippen LogP contribution in [-0.2, 0) is 20.8 Å². The minimum atomic E-state index is -1.02. The molecule has 0 fully saturated rings. The summed E-state index contributed by atoms with van der Waals surface area (Å²) in [7, 11) is 3.39. The summed E-state index contributed by atoms with van der Waals surface area (Å²) in [6, 6.07) is 8.50. The number of carboxylic acids is 1. The van der Waals surface area contributed by atoms with Crippen molar-refractivity contribution in [3.63, 3.8) is 0 Å². The van der Waals surface area contributed by atoms with Gasteiger partial charge in [0, 0.05) is 12.6 Å². The van der Waals surface area contributed by atoms with Gasteiger partial charge < -0.3 is 20.6 Å². The highest BCUT2D eigenvalue weighted by atomic mass is 16.4. The number of likely N-dealkylation sites (N-methyl/N-ethyl adjacent to an activating group) is 2. The minimum absolute atomic E-state index is 0.00905. The number of carbonyl (C=O) groups excluding carboxylic acids is 2. The second-order valence-electron chi connectivity index (χ2n) is 10.4. The first-order chi connectivity index (χ1) is 15.1. The van der Waals surface area contributed by atoms with Gasteiger partial charge in [0.2, 0.25) is 11.8 Å². The maximum absolute atomic E-state index is 13.6. The highest BCUT2D eigenvalue weighted by Crippen LogP contribution is 2.25. The lowest BCUT2D eigenvalue weighted by Gasteiger charge is -2.39. The summed E-state index contributed by atoms with van der Waals surface area (Å²) in [5, 5.41) is 15.4. The van der Waals surface area contributed by atoms with E-state index in [4.69, 9.17) is 0 Å². The van der Waals surface area contributed by atoms with Crippen molar-refractivity contribution in [2.45, 2.75) is 72.5 Å². The van der Waals surface area contributed by atoms with Crippen molar-refractivity contribution in [2.24, 2.45) is 11.3 Å². The van der Waals surface area contributed by atoms with Gasteiger partial charge in [-0.25, -0.2) is 4.79 Å². The molecule has 0 aliphatic carbocycles.